The molecule has 1 aromatic carbocycles. The quantitative estimate of drug-likeness (QED) is 0.587. The van der Waals surface area contributed by atoms with Crippen molar-refractivity contribution in [2.75, 3.05) is 6.54 Å². The van der Waals surface area contributed by atoms with E-state index in [4.69, 9.17) is 6.42 Å². The minimum atomic E-state index is 0.413. The molecule has 98 valence electrons. The Morgan fingerprint density at radius 2 is 1.78 bits per heavy atom. The summed E-state index contributed by atoms with van der Waals surface area (Å²) in [6.45, 7) is 9.83. The Morgan fingerprint density at radius 1 is 1.17 bits per heavy atom. The van der Waals surface area contributed by atoms with Gasteiger partial charge >= 0.3 is 0 Å². The zero-order valence-electron chi connectivity index (χ0n) is 12.1. The average molecular weight is 243 g/mol. The lowest BCUT2D eigenvalue weighted by Gasteiger charge is -2.19. The minimum Gasteiger partial charge on any atom is -0.310 e. The fourth-order valence-corrected chi connectivity index (χ4v) is 2.65. The van der Waals surface area contributed by atoms with Crippen LogP contribution < -0.4 is 5.32 Å². The third-order valence-electron chi connectivity index (χ3n) is 3.37. The molecule has 1 aromatic rings. The van der Waals surface area contributed by atoms with Gasteiger partial charge in [0.1, 0.15) is 0 Å². The van der Waals surface area contributed by atoms with Gasteiger partial charge in [-0.2, -0.15) is 0 Å². The number of unbranched alkanes of at least 4 members (excludes halogenated alkanes) is 2. The van der Waals surface area contributed by atoms with E-state index in [0.717, 1.165) is 25.8 Å². The summed E-state index contributed by atoms with van der Waals surface area (Å²) in [5.41, 5.74) is 5.56. The third kappa shape index (κ3) is 4.20. The van der Waals surface area contributed by atoms with E-state index >= 15 is 0 Å². The minimum absolute atomic E-state index is 0.413. The van der Waals surface area contributed by atoms with Crippen LogP contribution in [0.2, 0.25) is 0 Å². The largest absolute Gasteiger partial charge is 0.310 e. The van der Waals surface area contributed by atoms with E-state index in [-0.39, 0.29) is 0 Å². The van der Waals surface area contributed by atoms with Gasteiger partial charge in [-0.05, 0) is 63.8 Å². The monoisotopic (exact) mass is 243 g/mol. The Kier molecular flexibility index (Phi) is 5.95. The summed E-state index contributed by atoms with van der Waals surface area (Å²) in [6, 6.07) is 4.94. The van der Waals surface area contributed by atoms with Crippen LogP contribution in [-0.4, -0.2) is 6.54 Å². The lowest BCUT2D eigenvalue weighted by molar-refractivity contribution is 0.545. The fourth-order valence-electron chi connectivity index (χ4n) is 2.65. The molecular weight excluding hydrogens is 218 g/mol. The second kappa shape index (κ2) is 7.24. The predicted molar refractivity (Wildman–Crippen MR) is 79.8 cm³/mol. The van der Waals surface area contributed by atoms with E-state index in [1.165, 1.54) is 22.3 Å². The third-order valence-corrected chi connectivity index (χ3v) is 3.37. The van der Waals surface area contributed by atoms with Crippen LogP contribution in [0.1, 0.15) is 54.5 Å². The molecule has 0 radical (unpaired) electrons. The van der Waals surface area contributed by atoms with Gasteiger partial charge in [0.05, 0.1) is 0 Å². The molecule has 18 heavy (non-hydrogen) atoms. The highest BCUT2D eigenvalue weighted by molar-refractivity contribution is 5.39. The van der Waals surface area contributed by atoms with E-state index in [1.807, 2.05) is 0 Å². The van der Waals surface area contributed by atoms with Crippen molar-refractivity contribution in [1.82, 2.24) is 5.32 Å². The van der Waals surface area contributed by atoms with Gasteiger partial charge in [-0.1, -0.05) is 17.7 Å². The number of benzene rings is 1. The van der Waals surface area contributed by atoms with Crippen molar-refractivity contribution < 1.29 is 0 Å². The van der Waals surface area contributed by atoms with E-state index in [1.54, 1.807) is 0 Å². The standard InChI is InChI=1S/C17H25N/c1-6-7-8-9-10-18-16(5)17-14(3)11-13(2)12-15(17)4/h1,11-12,16,18H,7-10H2,2-5H3. The Bertz CT molecular complexity index is 403. The highest BCUT2D eigenvalue weighted by Gasteiger charge is 2.10. The molecule has 0 fully saturated rings. The summed E-state index contributed by atoms with van der Waals surface area (Å²) >= 11 is 0. The fraction of sp³-hybridized carbons (Fsp3) is 0.529. The van der Waals surface area contributed by atoms with Gasteiger partial charge in [0.2, 0.25) is 0 Å². The van der Waals surface area contributed by atoms with Crippen molar-refractivity contribution in [2.45, 2.75) is 53.0 Å². The Balaban J connectivity index is 2.57. The number of terminal acetylenes is 1. The van der Waals surface area contributed by atoms with E-state index in [9.17, 15) is 0 Å². The van der Waals surface area contributed by atoms with Crippen LogP contribution in [-0.2, 0) is 0 Å². The van der Waals surface area contributed by atoms with Gasteiger partial charge < -0.3 is 5.32 Å². The molecule has 0 aliphatic rings. The zero-order chi connectivity index (χ0) is 13.5. The molecule has 0 saturated heterocycles. The number of hydrogen-bond acceptors (Lipinski definition) is 1. The van der Waals surface area contributed by atoms with Gasteiger partial charge in [-0.25, -0.2) is 0 Å². The number of rotatable bonds is 6. The maximum absolute atomic E-state index is 5.25. The normalized spacial score (nSPS) is 12.2. The van der Waals surface area contributed by atoms with Crippen molar-refractivity contribution in [3.63, 3.8) is 0 Å². The molecule has 0 aromatic heterocycles. The van der Waals surface area contributed by atoms with Crippen LogP contribution in [0.4, 0.5) is 0 Å². The predicted octanol–water partition coefficient (Wildman–Crippen LogP) is 4.07. The first kappa shape index (κ1) is 14.8. The Hall–Kier alpha value is -1.26. The first-order valence-corrected chi connectivity index (χ1v) is 6.81. The molecule has 0 bridgehead atoms. The SMILES string of the molecule is C#CCCCCNC(C)c1c(C)cc(C)cc1C. The molecular formula is C17H25N. The second-order valence-corrected chi connectivity index (χ2v) is 5.15. The van der Waals surface area contributed by atoms with Gasteiger partial charge in [-0.3, -0.25) is 0 Å². The highest BCUT2D eigenvalue weighted by atomic mass is 14.9. The van der Waals surface area contributed by atoms with E-state index in [0.29, 0.717) is 6.04 Å². The van der Waals surface area contributed by atoms with Crippen LogP contribution >= 0.6 is 0 Å². The number of aryl methyl sites for hydroxylation is 3. The summed E-state index contributed by atoms with van der Waals surface area (Å²) in [7, 11) is 0. The average Bonchev–Trinajstić information content (AvgIpc) is 2.27. The Morgan fingerprint density at radius 3 is 2.33 bits per heavy atom. The van der Waals surface area contributed by atoms with Gasteiger partial charge in [0.25, 0.3) is 0 Å². The van der Waals surface area contributed by atoms with Crippen LogP contribution in [0, 0.1) is 33.1 Å². The summed E-state index contributed by atoms with van der Waals surface area (Å²) in [6.07, 6.45) is 8.40. The lowest BCUT2D eigenvalue weighted by atomic mass is 9.95. The molecule has 1 heteroatoms. The molecule has 0 aliphatic heterocycles. The molecule has 1 atom stereocenters. The van der Waals surface area contributed by atoms with Crippen molar-refractivity contribution >= 4 is 0 Å². The molecule has 0 aliphatic carbocycles. The second-order valence-electron chi connectivity index (χ2n) is 5.15. The summed E-state index contributed by atoms with van der Waals surface area (Å²) in [5, 5.41) is 3.59. The zero-order valence-corrected chi connectivity index (χ0v) is 12.1. The molecule has 0 heterocycles. The molecule has 0 spiro atoms. The van der Waals surface area contributed by atoms with Gasteiger partial charge in [0.15, 0.2) is 0 Å². The molecule has 1 rings (SSSR count). The van der Waals surface area contributed by atoms with E-state index < -0.39 is 0 Å². The van der Waals surface area contributed by atoms with Gasteiger partial charge in [-0.15, -0.1) is 12.3 Å². The topological polar surface area (TPSA) is 12.0 Å². The van der Waals surface area contributed by atoms with Crippen molar-refractivity contribution in [2.24, 2.45) is 0 Å². The molecule has 0 amide bonds. The first-order valence-electron chi connectivity index (χ1n) is 6.81. The molecule has 1 unspecified atom stereocenters. The van der Waals surface area contributed by atoms with E-state index in [2.05, 4.69) is 51.1 Å². The van der Waals surface area contributed by atoms with Gasteiger partial charge in [0, 0.05) is 12.5 Å². The number of hydrogen-bond donors (Lipinski definition) is 1. The summed E-state index contributed by atoms with van der Waals surface area (Å²) in [5.74, 6) is 2.68. The highest BCUT2D eigenvalue weighted by Crippen LogP contribution is 2.23. The van der Waals surface area contributed by atoms with Crippen LogP contribution in [0.15, 0.2) is 12.1 Å². The van der Waals surface area contributed by atoms with Crippen LogP contribution in [0.3, 0.4) is 0 Å². The molecule has 1 nitrogen and oxygen atoms in total. The maximum Gasteiger partial charge on any atom is 0.0297 e. The smallest absolute Gasteiger partial charge is 0.0297 e. The summed E-state index contributed by atoms with van der Waals surface area (Å²) in [4.78, 5) is 0. The van der Waals surface area contributed by atoms with Crippen molar-refractivity contribution in [3.8, 4) is 12.3 Å². The summed E-state index contributed by atoms with van der Waals surface area (Å²) < 4.78 is 0. The molecule has 0 saturated carbocycles. The molecule has 1 N–H and O–H groups in total. The van der Waals surface area contributed by atoms with Crippen LogP contribution in [0.5, 0.6) is 0 Å². The number of nitrogens with one attached hydrogen (secondary N) is 1. The van der Waals surface area contributed by atoms with Crippen molar-refractivity contribution in [3.05, 3.63) is 34.4 Å². The Labute approximate surface area is 112 Å². The lowest BCUT2D eigenvalue weighted by Crippen LogP contribution is -2.21. The van der Waals surface area contributed by atoms with Crippen LogP contribution in [0.25, 0.3) is 0 Å². The van der Waals surface area contributed by atoms with Crippen molar-refractivity contribution in [1.29, 1.82) is 0 Å². The first-order chi connectivity index (χ1) is 8.56. The maximum atomic E-state index is 5.25.